The third-order valence-electron chi connectivity index (χ3n) is 5.52. The number of hydrogen-bond donors (Lipinski definition) is 0. The van der Waals surface area contributed by atoms with E-state index in [1.54, 1.807) is 12.0 Å². The van der Waals surface area contributed by atoms with Crippen molar-refractivity contribution in [3.63, 3.8) is 0 Å². The molecule has 1 aromatic heterocycles. The number of methoxy groups -OCH3 is 1. The first-order valence-corrected chi connectivity index (χ1v) is 10.1. The standard InChI is InChI=1S/C23H27N3O4/c1-25-9-8-16(12-25)13-26(2)23(27)21-14-30-22(24-21)15-29-20-7-5-17-4-6-19(28-3)10-18(17)11-20/h4-7,10-11,14,16H,8-9,12-13,15H2,1-3H3/t16-/m1/s1. The topological polar surface area (TPSA) is 68.0 Å². The monoisotopic (exact) mass is 409 g/mol. The second-order valence-corrected chi connectivity index (χ2v) is 7.89. The minimum atomic E-state index is -0.127. The highest BCUT2D eigenvalue weighted by molar-refractivity contribution is 5.91. The molecule has 0 spiro atoms. The molecule has 2 aromatic carbocycles. The van der Waals surface area contributed by atoms with Crippen LogP contribution >= 0.6 is 0 Å². The first-order chi connectivity index (χ1) is 14.5. The lowest BCUT2D eigenvalue weighted by atomic mass is 10.1. The first-order valence-electron chi connectivity index (χ1n) is 10.1. The average molecular weight is 409 g/mol. The van der Waals surface area contributed by atoms with Crippen molar-refractivity contribution in [2.45, 2.75) is 13.0 Å². The maximum absolute atomic E-state index is 12.6. The normalized spacial score (nSPS) is 16.7. The summed E-state index contributed by atoms with van der Waals surface area (Å²) in [6, 6.07) is 11.7. The van der Waals surface area contributed by atoms with E-state index in [0.29, 0.717) is 23.3 Å². The molecule has 0 radical (unpaired) electrons. The lowest BCUT2D eigenvalue weighted by molar-refractivity contribution is 0.0768. The van der Waals surface area contributed by atoms with Gasteiger partial charge in [-0.2, -0.15) is 0 Å². The van der Waals surface area contributed by atoms with E-state index in [1.165, 1.54) is 6.26 Å². The number of nitrogens with zero attached hydrogens (tertiary/aromatic N) is 3. The van der Waals surface area contributed by atoms with E-state index in [1.807, 2.05) is 43.4 Å². The molecule has 158 valence electrons. The molecule has 4 rings (SSSR count). The zero-order valence-corrected chi connectivity index (χ0v) is 17.6. The number of fused-ring (bicyclic) bond motifs is 1. The average Bonchev–Trinajstić information content (AvgIpc) is 3.40. The zero-order chi connectivity index (χ0) is 21.1. The van der Waals surface area contributed by atoms with E-state index >= 15 is 0 Å². The van der Waals surface area contributed by atoms with Crippen LogP contribution in [0.25, 0.3) is 10.8 Å². The number of likely N-dealkylation sites (tertiary alicyclic amines) is 1. The third kappa shape index (κ3) is 4.57. The van der Waals surface area contributed by atoms with Gasteiger partial charge in [0.25, 0.3) is 5.91 Å². The van der Waals surface area contributed by atoms with Crippen LogP contribution in [0.3, 0.4) is 0 Å². The molecule has 0 aliphatic carbocycles. The maximum atomic E-state index is 12.6. The Hall–Kier alpha value is -3.06. The van der Waals surface area contributed by atoms with Gasteiger partial charge < -0.3 is 23.7 Å². The summed E-state index contributed by atoms with van der Waals surface area (Å²) in [4.78, 5) is 21.0. The van der Waals surface area contributed by atoms with Gasteiger partial charge in [0.05, 0.1) is 7.11 Å². The summed E-state index contributed by atoms with van der Waals surface area (Å²) in [7, 11) is 5.57. The number of benzene rings is 2. The van der Waals surface area contributed by atoms with Crippen LogP contribution in [0, 0.1) is 5.92 Å². The fourth-order valence-corrected chi connectivity index (χ4v) is 3.88. The van der Waals surface area contributed by atoms with Gasteiger partial charge in [0.2, 0.25) is 5.89 Å². The minimum absolute atomic E-state index is 0.127. The van der Waals surface area contributed by atoms with Gasteiger partial charge in [0.1, 0.15) is 17.8 Å². The number of amides is 1. The van der Waals surface area contributed by atoms with Crippen LogP contribution in [-0.4, -0.2) is 61.5 Å². The van der Waals surface area contributed by atoms with Crippen molar-refractivity contribution in [3.8, 4) is 11.5 Å². The minimum Gasteiger partial charge on any atom is -0.497 e. The van der Waals surface area contributed by atoms with Gasteiger partial charge in [0.15, 0.2) is 12.3 Å². The molecular weight excluding hydrogens is 382 g/mol. The highest BCUT2D eigenvalue weighted by Gasteiger charge is 2.24. The van der Waals surface area contributed by atoms with Crippen LogP contribution < -0.4 is 9.47 Å². The van der Waals surface area contributed by atoms with Crippen LogP contribution in [0.15, 0.2) is 47.1 Å². The summed E-state index contributed by atoms with van der Waals surface area (Å²) in [5.74, 6) is 2.24. The maximum Gasteiger partial charge on any atom is 0.275 e. The lowest BCUT2D eigenvalue weighted by Gasteiger charge is -2.20. The van der Waals surface area contributed by atoms with Gasteiger partial charge in [-0.25, -0.2) is 4.98 Å². The van der Waals surface area contributed by atoms with Crippen molar-refractivity contribution in [1.82, 2.24) is 14.8 Å². The Kier molecular flexibility index (Phi) is 5.90. The second kappa shape index (κ2) is 8.75. The van der Waals surface area contributed by atoms with E-state index in [-0.39, 0.29) is 12.5 Å². The summed E-state index contributed by atoms with van der Waals surface area (Å²) in [6.45, 7) is 2.98. The van der Waals surface area contributed by atoms with Gasteiger partial charge in [0, 0.05) is 20.1 Å². The predicted octanol–water partition coefficient (Wildman–Crippen LogP) is 3.44. The fourth-order valence-electron chi connectivity index (χ4n) is 3.88. The van der Waals surface area contributed by atoms with Crippen molar-refractivity contribution in [2.24, 2.45) is 5.92 Å². The third-order valence-corrected chi connectivity index (χ3v) is 5.52. The number of ether oxygens (including phenoxy) is 2. The summed E-state index contributed by atoms with van der Waals surface area (Å²) in [5, 5.41) is 2.12. The molecule has 1 aliphatic heterocycles. The second-order valence-electron chi connectivity index (χ2n) is 7.89. The highest BCUT2D eigenvalue weighted by Crippen LogP contribution is 2.25. The lowest BCUT2D eigenvalue weighted by Crippen LogP contribution is -2.33. The number of hydrogen-bond acceptors (Lipinski definition) is 6. The van der Waals surface area contributed by atoms with Gasteiger partial charge in [-0.15, -0.1) is 0 Å². The summed E-state index contributed by atoms with van der Waals surface area (Å²) in [5.41, 5.74) is 0.311. The van der Waals surface area contributed by atoms with Crippen LogP contribution in [0.2, 0.25) is 0 Å². The highest BCUT2D eigenvalue weighted by atomic mass is 16.5. The molecule has 1 fully saturated rings. The molecule has 0 unspecified atom stereocenters. The van der Waals surface area contributed by atoms with Crippen molar-refractivity contribution in [1.29, 1.82) is 0 Å². The zero-order valence-electron chi connectivity index (χ0n) is 17.6. The molecule has 2 heterocycles. The van der Waals surface area contributed by atoms with Crippen molar-refractivity contribution >= 4 is 16.7 Å². The molecule has 1 atom stereocenters. The van der Waals surface area contributed by atoms with Gasteiger partial charge >= 0.3 is 0 Å². The Bertz CT molecular complexity index is 1030. The Morgan fingerprint density at radius 1 is 1.23 bits per heavy atom. The fraction of sp³-hybridized carbons (Fsp3) is 0.391. The van der Waals surface area contributed by atoms with Crippen LogP contribution in [0.5, 0.6) is 11.5 Å². The quantitative estimate of drug-likeness (QED) is 0.596. The van der Waals surface area contributed by atoms with E-state index < -0.39 is 0 Å². The molecular formula is C23H27N3O4. The SMILES string of the molecule is COc1ccc2ccc(OCc3nc(C(=O)N(C)C[C@@H]4CCN(C)C4)co3)cc2c1. The molecule has 7 heteroatoms. The smallest absolute Gasteiger partial charge is 0.275 e. The van der Waals surface area contributed by atoms with Crippen molar-refractivity contribution < 1.29 is 18.7 Å². The predicted molar refractivity (Wildman–Crippen MR) is 114 cm³/mol. The Morgan fingerprint density at radius 2 is 2.00 bits per heavy atom. The molecule has 0 bridgehead atoms. The Morgan fingerprint density at radius 3 is 2.73 bits per heavy atom. The molecule has 3 aromatic rings. The molecule has 0 N–H and O–H groups in total. The summed E-state index contributed by atoms with van der Waals surface area (Å²) >= 11 is 0. The molecule has 30 heavy (non-hydrogen) atoms. The molecule has 1 amide bonds. The summed E-state index contributed by atoms with van der Waals surface area (Å²) in [6.07, 6.45) is 2.52. The van der Waals surface area contributed by atoms with Crippen LogP contribution in [0.1, 0.15) is 22.8 Å². The van der Waals surface area contributed by atoms with Crippen LogP contribution in [0.4, 0.5) is 0 Å². The number of rotatable bonds is 7. The number of carbonyl (C=O) groups is 1. The number of carbonyl (C=O) groups excluding carboxylic acids is 1. The van der Waals surface area contributed by atoms with E-state index in [2.05, 4.69) is 16.9 Å². The molecule has 0 saturated carbocycles. The van der Waals surface area contributed by atoms with Gasteiger partial charge in [-0.1, -0.05) is 12.1 Å². The van der Waals surface area contributed by atoms with E-state index in [4.69, 9.17) is 13.9 Å². The van der Waals surface area contributed by atoms with Crippen molar-refractivity contribution in [3.05, 3.63) is 54.2 Å². The van der Waals surface area contributed by atoms with E-state index in [0.717, 1.165) is 42.6 Å². The number of aromatic nitrogens is 1. The van der Waals surface area contributed by atoms with Gasteiger partial charge in [-0.3, -0.25) is 4.79 Å². The number of oxazole rings is 1. The molecule has 1 saturated heterocycles. The Labute approximate surface area is 176 Å². The van der Waals surface area contributed by atoms with Gasteiger partial charge in [-0.05, 0) is 61.0 Å². The molecule has 1 aliphatic rings. The van der Waals surface area contributed by atoms with Crippen LogP contribution in [-0.2, 0) is 6.61 Å². The first kappa shape index (κ1) is 20.2. The summed E-state index contributed by atoms with van der Waals surface area (Å²) < 4.78 is 16.6. The van der Waals surface area contributed by atoms with E-state index in [9.17, 15) is 4.79 Å². The Balaban J connectivity index is 1.36. The molecule has 7 nitrogen and oxygen atoms in total. The van der Waals surface area contributed by atoms with Crippen molar-refractivity contribution in [2.75, 3.05) is 40.8 Å². The largest absolute Gasteiger partial charge is 0.497 e.